The van der Waals surface area contributed by atoms with E-state index in [0.29, 0.717) is 23.6 Å². The van der Waals surface area contributed by atoms with Crippen molar-refractivity contribution in [3.05, 3.63) is 88.0 Å². The minimum absolute atomic E-state index is 0.0116. The Morgan fingerprint density at radius 2 is 1.57 bits per heavy atom. The minimum atomic E-state index is -4.50. The van der Waals surface area contributed by atoms with Crippen LogP contribution in [0.3, 0.4) is 0 Å². The number of hydrogen-bond donors (Lipinski definition) is 1. The van der Waals surface area contributed by atoms with Crippen LogP contribution in [0.1, 0.15) is 37.8 Å². The lowest BCUT2D eigenvalue weighted by molar-refractivity contribution is -0.385. The molecule has 0 aliphatic rings. The molecule has 44 heavy (non-hydrogen) atoms. The molecule has 0 aromatic heterocycles. The summed E-state index contributed by atoms with van der Waals surface area (Å²) in [6, 6.07) is 15.6. The van der Waals surface area contributed by atoms with E-state index in [1.54, 1.807) is 43.3 Å². The number of nitrogens with one attached hydrogen (secondary N) is 1. The quantitative estimate of drug-likeness (QED) is 0.148. The molecule has 0 bridgehead atoms. The average molecular weight is 627 g/mol. The largest absolute Gasteiger partial charge is 0.497 e. The number of aryl methyl sites for hydroxylation is 1. The van der Waals surface area contributed by atoms with Crippen LogP contribution in [0.25, 0.3) is 0 Å². The predicted molar refractivity (Wildman–Crippen MR) is 166 cm³/mol. The second kappa shape index (κ2) is 15.2. The zero-order valence-corrected chi connectivity index (χ0v) is 26.3. The van der Waals surface area contributed by atoms with Gasteiger partial charge in [-0.1, -0.05) is 31.5 Å². The highest BCUT2D eigenvalue weighted by molar-refractivity contribution is 7.92. The van der Waals surface area contributed by atoms with E-state index in [1.165, 1.54) is 50.3 Å². The molecule has 0 saturated heterocycles. The summed E-state index contributed by atoms with van der Waals surface area (Å²) in [6.07, 6.45) is 1.63. The van der Waals surface area contributed by atoms with Crippen molar-refractivity contribution in [1.82, 2.24) is 10.2 Å². The molecule has 0 saturated carbocycles. The highest BCUT2D eigenvalue weighted by Gasteiger charge is 2.33. The van der Waals surface area contributed by atoms with Gasteiger partial charge in [-0.05, 0) is 68.3 Å². The van der Waals surface area contributed by atoms with Crippen molar-refractivity contribution in [2.75, 3.05) is 31.6 Å². The third kappa shape index (κ3) is 8.25. The van der Waals surface area contributed by atoms with Crippen LogP contribution < -0.4 is 19.1 Å². The molecule has 0 radical (unpaired) electrons. The number of nitrogens with zero attached hydrogens (tertiary/aromatic N) is 3. The summed E-state index contributed by atoms with van der Waals surface area (Å²) < 4.78 is 39.4. The van der Waals surface area contributed by atoms with Gasteiger partial charge < -0.3 is 19.7 Å². The molecule has 0 fully saturated rings. The van der Waals surface area contributed by atoms with Gasteiger partial charge in [-0.25, -0.2) is 8.42 Å². The molecule has 13 heteroatoms. The molecule has 1 unspecified atom stereocenters. The molecule has 3 aromatic carbocycles. The van der Waals surface area contributed by atoms with E-state index >= 15 is 0 Å². The van der Waals surface area contributed by atoms with Crippen LogP contribution in [0.2, 0.25) is 0 Å². The first kappa shape index (κ1) is 33.8. The average Bonchev–Trinajstić information content (AvgIpc) is 3.02. The van der Waals surface area contributed by atoms with Gasteiger partial charge in [-0.2, -0.15) is 0 Å². The molecule has 0 aliphatic carbocycles. The van der Waals surface area contributed by atoms with Gasteiger partial charge in [0.15, 0.2) is 0 Å². The summed E-state index contributed by atoms with van der Waals surface area (Å²) >= 11 is 0. The van der Waals surface area contributed by atoms with Gasteiger partial charge in [0.2, 0.25) is 11.8 Å². The smallest absolute Gasteiger partial charge is 0.273 e. The van der Waals surface area contributed by atoms with Crippen LogP contribution in [0.4, 0.5) is 11.4 Å². The van der Waals surface area contributed by atoms with Gasteiger partial charge in [0.25, 0.3) is 15.7 Å². The van der Waals surface area contributed by atoms with E-state index in [1.807, 2.05) is 6.92 Å². The van der Waals surface area contributed by atoms with Crippen molar-refractivity contribution in [1.29, 1.82) is 0 Å². The summed E-state index contributed by atoms with van der Waals surface area (Å²) in [5.74, 6) is 0.0381. The molecule has 0 aliphatic heterocycles. The standard InChI is InChI=1S/C31H38N4O8S/c1-6-7-18-32-31(37)23(3)33(20-24-9-13-26(42-4)14-10-24)30(36)21-34(25-11-15-27(43-5)16-12-25)44(40,41)28-17-8-22(2)29(19-28)35(38)39/h8-17,19,23H,6-7,18,20-21H2,1-5H3,(H,32,37). The number of methoxy groups -OCH3 is 2. The Balaban J connectivity index is 2.06. The van der Waals surface area contributed by atoms with Gasteiger partial charge in [-0.3, -0.25) is 24.0 Å². The molecule has 1 N–H and O–H groups in total. The first-order chi connectivity index (χ1) is 20.9. The fourth-order valence-electron chi connectivity index (χ4n) is 4.40. The Kier molecular flexibility index (Phi) is 11.7. The number of anilines is 1. The van der Waals surface area contributed by atoms with Gasteiger partial charge in [-0.15, -0.1) is 0 Å². The van der Waals surface area contributed by atoms with E-state index in [2.05, 4.69) is 5.32 Å². The van der Waals surface area contributed by atoms with Crippen molar-refractivity contribution in [3.8, 4) is 11.5 Å². The number of nitro groups is 1. The lowest BCUT2D eigenvalue weighted by atomic mass is 10.1. The van der Waals surface area contributed by atoms with E-state index in [-0.39, 0.29) is 34.3 Å². The third-order valence-electron chi connectivity index (χ3n) is 7.11. The molecule has 0 heterocycles. The molecular weight excluding hydrogens is 588 g/mol. The molecular formula is C31H38N4O8S. The van der Waals surface area contributed by atoms with E-state index in [9.17, 15) is 28.1 Å². The van der Waals surface area contributed by atoms with E-state index in [4.69, 9.17) is 9.47 Å². The lowest BCUT2D eigenvalue weighted by Gasteiger charge is -2.32. The zero-order valence-electron chi connectivity index (χ0n) is 25.5. The van der Waals surface area contributed by atoms with Crippen LogP contribution in [0.5, 0.6) is 11.5 Å². The number of carbonyl (C=O) groups is 2. The summed E-state index contributed by atoms with van der Waals surface area (Å²) in [6.45, 7) is 4.84. The molecule has 0 spiro atoms. The van der Waals surface area contributed by atoms with Crippen molar-refractivity contribution < 1.29 is 32.4 Å². The zero-order chi connectivity index (χ0) is 32.4. The number of ether oxygens (including phenoxy) is 2. The number of sulfonamides is 1. The second-order valence-corrected chi connectivity index (χ2v) is 12.0. The Labute approximate surface area is 257 Å². The van der Waals surface area contributed by atoms with Crippen LogP contribution in [0, 0.1) is 17.0 Å². The number of carbonyl (C=O) groups excluding carboxylic acids is 2. The van der Waals surface area contributed by atoms with Crippen molar-refractivity contribution in [3.63, 3.8) is 0 Å². The molecule has 236 valence electrons. The second-order valence-electron chi connectivity index (χ2n) is 10.1. The van der Waals surface area contributed by atoms with Crippen molar-refractivity contribution >= 4 is 33.2 Å². The molecule has 1 atom stereocenters. The van der Waals surface area contributed by atoms with Gasteiger partial charge in [0, 0.05) is 24.7 Å². The fourth-order valence-corrected chi connectivity index (χ4v) is 5.83. The van der Waals surface area contributed by atoms with Gasteiger partial charge in [0.1, 0.15) is 24.1 Å². The van der Waals surface area contributed by atoms with E-state index < -0.39 is 33.4 Å². The van der Waals surface area contributed by atoms with Gasteiger partial charge in [0.05, 0.1) is 29.7 Å². The molecule has 3 aromatic rings. The molecule has 3 rings (SSSR count). The third-order valence-corrected chi connectivity index (χ3v) is 8.88. The number of amides is 2. The van der Waals surface area contributed by atoms with Crippen LogP contribution in [0.15, 0.2) is 71.6 Å². The molecule has 12 nitrogen and oxygen atoms in total. The Morgan fingerprint density at radius 1 is 0.977 bits per heavy atom. The highest BCUT2D eigenvalue weighted by atomic mass is 32.2. The Bertz CT molecular complexity index is 1560. The lowest BCUT2D eigenvalue weighted by Crippen LogP contribution is -2.51. The van der Waals surface area contributed by atoms with Crippen LogP contribution >= 0.6 is 0 Å². The maximum atomic E-state index is 14.0. The van der Waals surface area contributed by atoms with Gasteiger partial charge >= 0.3 is 0 Å². The Hall–Kier alpha value is -4.65. The number of benzene rings is 3. The monoisotopic (exact) mass is 626 g/mol. The van der Waals surface area contributed by atoms with Crippen molar-refractivity contribution in [2.45, 2.75) is 51.1 Å². The van der Waals surface area contributed by atoms with E-state index in [0.717, 1.165) is 23.2 Å². The van der Waals surface area contributed by atoms with Crippen molar-refractivity contribution in [2.24, 2.45) is 0 Å². The first-order valence-corrected chi connectivity index (χ1v) is 15.5. The SMILES string of the molecule is CCCCNC(=O)C(C)N(Cc1ccc(OC)cc1)C(=O)CN(c1ccc(OC)cc1)S(=O)(=O)c1ccc(C)c([N+](=O)[O-])c1. The molecule has 2 amide bonds. The normalized spacial score (nSPS) is 11.8. The summed E-state index contributed by atoms with van der Waals surface area (Å²) in [5, 5.41) is 14.4. The number of hydrogen-bond acceptors (Lipinski definition) is 8. The summed E-state index contributed by atoms with van der Waals surface area (Å²) in [4.78, 5) is 39.0. The number of rotatable bonds is 15. The highest BCUT2D eigenvalue weighted by Crippen LogP contribution is 2.29. The summed E-state index contributed by atoms with van der Waals surface area (Å²) in [7, 11) is -1.50. The topological polar surface area (TPSA) is 148 Å². The maximum Gasteiger partial charge on any atom is 0.273 e. The first-order valence-electron chi connectivity index (χ1n) is 14.0. The number of unbranched alkanes of at least 4 members (excludes halogenated alkanes) is 1. The van der Waals surface area contributed by atoms with Crippen LogP contribution in [-0.4, -0.2) is 63.4 Å². The summed E-state index contributed by atoms with van der Waals surface area (Å²) in [5.41, 5.74) is 0.743. The number of nitro benzene ring substituents is 1. The fraction of sp³-hybridized carbons (Fsp3) is 0.355. The van der Waals surface area contributed by atoms with Crippen LogP contribution in [-0.2, 0) is 26.2 Å². The Morgan fingerprint density at radius 3 is 2.11 bits per heavy atom. The maximum absolute atomic E-state index is 14.0. The minimum Gasteiger partial charge on any atom is -0.497 e. The predicted octanol–water partition coefficient (Wildman–Crippen LogP) is 4.45.